The second kappa shape index (κ2) is 8.59. The molecule has 0 unspecified atom stereocenters. The van der Waals surface area contributed by atoms with Crippen molar-refractivity contribution in [2.45, 2.75) is 33.2 Å². The van der Waals surface area contributed by atoms with Crippen LogP contribution in [0.4, 0.5) is 0 Å². The zero-order valence-corrected chi connectivity index (χ0v) is 18.1. The van der Waals surface area contributed by atoms with E-state index in [2.05, 4.69) is 15.2 Å². The second-order valence-corrected chi connectivity index (χ2v) is 7.18. The zero-order chi connectivity index (χ0) is 22.0. The van der Waals surface area contributed by atoms with Crippen LogP contribution in [0.15, 0.2) is 43.1 Å². The largest absolute Gasteiger partial charge is 0.496 e. The number of carbonyl (C=O) groups is 1. The molecule has 0 saturated heterocycles. The number of hydrogen-bond acceptors (Lipinski definition) is 6. The molecule has 8 heteroatoms. The standard InChI is InChI=1S/C23H25N5O3/c1-5-7-19(29)22-20(30-3)8-15(9-21(22)31-4)18-12-26-28-14-16(10-24-23(18)28)17-11-25-27(6-2)13-17/h8-14H,5-7H2,1-4H3. The topological polar surface area (TPSA) is 83.5 Å². The molecular formula is C23H25N5O3. The van der Waals surface area contributed by atoms with E-state index < -0.39 is 0 Å². The number of Topliss-reactive ketones (excluding diaryl/α,β-unsaturated/α-hetero) is 1. The average molecular weight is 419 g/mol. The third kappa shape index (κ3) is 3.76. The lowest BCUT2D eigenvalue weighted by atomic mass is 9.99. The number of rotatable bonds is 8. The minimum Gasteiger partial charge on any atom is -0.496 e. The van der Waals surface area contributed by atoms with E-state index in [0.717, 1.165) is 35.2 Å². The predicted octanol–water partition coefficient (Wildman–Crippen LogP) is 4.28. The van der Waals surface area contributed by atoms with Gasteiger partial charge in [-0.05, 0) is 31.0 Å². The highest BCUT2D eigenvalue weighted by molar-refractivity contribution is 6.02. The molecule has 31 heavy (non-hydrogen) atoms. The van der Waals surface area contributed by atoms with E-state index in [1.165, 1.54) is 0 Å². The number of fused-ring (bicyclic) bond motifs is 1. The lowest BCUT2D eigenvalue weighted by Gasteiger charge is -2.14. The van der Waals surface area contributed by atoms with Gasteiger partial charge in [-0.3, -0.25) is 9.48 Å². The summed E-state index contributed by atoms with van der Waals surface area (Å²) in [4.78, 5) is 17.3. The van der Waals surface area contributed by atoms with Gasteiger partial charge in [0, 0.05) is 48.2 Å². The summed E-state index contributed by atoms with van der Waals surface area (Å²) in [6, 6.07) is 3.67. The monoisotopic (exact) mass is 419 g/mol. The van der Waals surface area contributed by atoms with E-state index in [9.17, 15) is 4.79 Å². The summed E-state index contributed by atoms with van der Waals surface area (Å²) < 4.78 is 14.7. The Morgan fingerprint density at radius 2 is 1.65 bits per heavy atom. The predicted molar refractivity (Wildman–Crippen MR) is 118 cm³/mol. The average Bonchev–Trinajstić information content (AvgIpc) is 3.44. The highest BCUT2D eigenvalue weighted by atomic mass is 16.5. The lowest BCUT2D eigenvalue weighted by Crippen LogP contribution is -2.05. The highest BCUT2D eigenvalue weighted by Gasteiger charge is 2.21. The summed E-state index contributed by atoms with van der Waals surface area (Å²) in [6.07, 6.45) is 10.5. The van der Waals surface area contributed by atoms with E-state index in [0.29, 0.717) is 29.1 Å². The van der Waals surface area contributed by atoms with Crippen LogP contribution in [0.25, 0.3) is 27.9 Å². The Balaban J connectivity index is 1.78. The van der Waals surface area contributed by atoms with Crippen LogP contribution in [0, 0.1) is 0 Å². The molecule has 0 spiro atoms. The van der Waals surface area contributed by atoms with Crippen molar-refractivity contribution in [1.29, 1.82) is 0 Å². The fourth-order valence-corrected chi connectivity index (χ4v) is 3.61. The molecule has 160 valence electrons. The molecule has 8 nitrogen and oxygen atoms in total. The van der Waals surface area contributed by atoms with Gasteiger partial charge in [-0.25, -0.2) is 9.50 Å². The van der Waals surface area contributed by atoms with E-state index in [1.807, 2.05) is 55.4 Å². The van der Waals surface area contributed by atoms with Crippen molar-refractivity contribution in [2.24, 2.45) is 0 Å². The quantitative estimate of drug-likeness (QED) is 0.397. The molecular weight excluding hydrogens is 394 g/mol. The van der Waals surface area contributed by atoms with Crippen molar-refractivity contribution in [3.63, 3.8) is 0 Å². The lowest BCUT2D eigenvalue weighted by molar-refractivity contribution is 0.0975. The first kappa shape index (κ1) is 20.6. The molecule has 0 aliphatic heterocycles. The molecule has 0 bridgehead atoms. The number of hydrogen-bond donors (Lipinski definition) is 0. The van der Waals surface area contributed by atoms with Crippen LogP contribution in [-0.4, -0.2) is 44.4 Å². The van der Waals surface area contributed by atoms with Crippen molar-refractivity contribution >= 4 is 11.4 Å². The molecule has 4 rings (SSSR count). The Labute approximate surface area is 180 Å². The maximum Gasteiger partial charge on any atom is 0.170 e. The van der Waals surface area contributed by atoms with Crippen LogP contribution < -0.4 is 9.47 Å². The van der Waals surface area contributed by atoms with E-state index >= 15 is 0 Å². The molecule has 0 saturated carbocycles. The van der Waals surface area contributed by atoms with Gasteiger partial charge < -0.3 is 9.47 Å². The van der Waals surface area contributed by atoms with Crippen LogP contribution in [0.2, 0.25) is 0 Å². The Kier molecular flexibility index (Phi) is 5.70. The van der Waals surface area contributed by atoms with Crippen molar-refractivity contribution in [2.75, 3.05) is 14.2 Å². The number of methoxy groups -OCH3 is 2. The number of benzene rings is 1. The van der Waals surface area contributed by atoms with Gasteiger partial charge in [0.25, 0.3) is 0 Å². The molecule has 0 aliphatic carbocycles. The molecule has 0 fully saturated rings. The van der Waals surface area contributed by atoms with Gasteiger partial charge in [-0.1, -0.05) is 6.92 Å². The van der Waals surface area contributed by atoms with Crippen molar-refractivity contribution in [3.05, 3.63) is 48.7 Å². The van der Waals surface area contributed by atoms with Crippen molar-refractivity contribution < 1.29 is 14.3 Å². The molecule has 0 amide bonds. The summed E-state index contributed by atoms with van der Waals surface area (Å²) >= 11 is 0. The number of nitrogens with zero attached hydrogens (tertiary/aromatic N) is 5. The fraction of sp³-hybridized carbons (Fsp3) is 0.304. The Hall–Kier alpha value is -3.68. The van der Waals surface area contributed by atoms with E-state index in [1.54, 1.807) is 24.9 Å². The van der Waals surface area contributed by atoms with Gasteiger partial charge in [0.05, 0.1) is 26.6 Å². The van der Waals surface area contributed by atoms with Gasteiger partial charge in [0.15, 0.2) is 11.4 Å². The van der Waals surface area contributed by atoms with Crippen LogP contribution in [0.5, 0.6) is 11.5 Å². The van der Waals surface area contributed by atoms with Crippen LogP contribution in [0.1, 0.15) is 37.0 Å². The van der Waals surface area contributed by atoms with Crippen LogP contribution in [0.3, 0.4) is 0 Å². The summed E-state index contributed by atoms with van der Waals surface area (Å²) in [5.41, 5.74) is 4.71. The number of aromatic nitrogens is 5. The first-order chi connectivity index (χ1) is 15.1. The Morgan fingerprint density at radius 1 is 0.935 bits per heavy atom. The normalized spacial score (nSPS) is 11.1. The number of ether oxygens (including phenoxy) is 2. The minimum absolute atomic E-state index is 0.00185. The second-order valence-electron chi connectivity index (χ2n) is 7.18. The Bertz CT molecular complexity index is 1220. The smallest absolute Gasteiger partial charge is 0.170 e. The van der Waals surface area contributed by atoms with Gasteiger partial charge >= 0.3 is 0 Å². The maximum atomic E-state index is 12.6. The van der Waals surface area contributed by atoms with Crippen LogP contribution >= 0.6 is 0 Å². The third-order valence-corrected chi connectivity index (χ3v) is 5.22. The zero-order valence-electron chi connectivity index (χ0n) is 18.1. The van der Waals surface area contributed by atoms with Gasteiger partial charge in [-0.2, -0.15) is 10.2 Å². The third-order valence-electron chi connectivity index (χ3n) is 5.22. The summed E-state index contributed by atoms with van der Waals surface area (Å²) in [5.74, 6) is 0.963. The van der Waals surface area contributed by atoms with Gasteiger partial charge in [0.1, 0.15) is 17.1 Å². The molecule has 0 N–H and O–H groups in total. The Morgan fingerprint density at radius 3 is 2.26 bits per heavy atom. The van der Waals surface area contributed by atoms with Crippen LogP contribution in [-0.2, 0) is 6.54 Å². The molecule has 0 aliphatic rings. The van der Waals surface area contributed by atoms with Crippen molar-refractivity contribution in [1.82, 2.24) is 24.4 Å². The van der Waals surface area contributed by atoms with Crippen molar-refractivity contribution in [3.8, 4) is 33.8 Å². The highest BCUT2D eigenvalue weighted by Crippen LogP contribution is 2.37. The molecule has 4 aromatic rings. The van der Waals surface area contributed by atoms with Gasteiger partial charge in [0.2, 0.25) is 0 Å². The SMILES string of the molecule is CCCC(=O)c1c(OC)cc(-c2cnn3cc(-c4cnn(CC)c4)cnc23)cc1OC. The van der Waals surface area contributed by atoms with E-state index in [-0.39, 0.29) is 5.78 Å². The maximum absolute atomic E-state index is 12.6. The van der Waals surface area contributed by atoms with E-state index in [4.69, 9.17) is 9.47 Å². The molecule has 1 aromatic carbocycles. The first-order valence-corrected chi connectivity index (χ1v) is 10.2. The molecule has 3 heterocycles. The van der Waals surface area contributed by atoms with Gasteiger partial charge in [-0.15, -0.1) is 0 Å². The summed E-state index contributed by atoms with van der Waals surface area (Å²) in [6.45, 7) is 4.82. The number of aryl methyl sites for hydroxylation is 1. The number of carbonyl (C=O) groups excluding carboxylic acids is 1. The fourth-order valence-electron chi connectivity index (χ4n) is 3.61. The minimum atomic E-state index is -0.00185. The summed E-state index contributed by atoms with van der Waals surface area (Å²) in [7, 11) is 3.11. The number of ketones is 1. The molecule has 0 atom stereocenters. The summed E-state index contributed by atoms with van der Waals surface area (Å²) in [5, 5.41) is 8.81. The molecule has 0 radical (unpaired) electrons. The molecule has 3 aromatic heterocycles. The first-order valence-electron chi connectivity index (χ1n) is 10.2.